The van der Waals surface area contributed by atoms with Crippen LogP contribution in [-0.4, -0.2) is 82.3 Å². The number of alkyl halides is 1. The monoisotopic (exact) mass is 585 g/mol. The summed E-state index contributed by atoms with van der Waals surface area (Å²) in [5, 5.41) is 0.635. The van der Waals surface area contributed by atoms with Crippen LogP contribution in [0.4, 0.5) is 14.5 Å². The van der Waals surface area contributed by atoms with E-state index in [0.717, 1.165) is 57.1 Å². The van der Waals surface area contributed by atoms with E-state index < -0.39 is 6.17 Å². The molecule has 1 aliphatic carbocycles. The number of hydrogen-bond acceptors (Lipinski definition) is 6. The number of hydrogen-bond donors (Lipinski definition) is 0. The zero-order valence-electron chi connectivity index (χ0n) is 24.4. The van der Waals surface area contributed by atoms with Gasteiger partial charge in [0, 0.05) is 43.2 Å². The van der Waals surface area contributed by atoms with E-state index in [1.54, 1.807) is 6.20 Å². The third kappa shape index (κ3) is 4.25. The Morgan fingerprint density at radius 3 is 2.91 bits per heavy atom. The number of ether oxygens (including phenoxy) is 1. The predicted molar refractivity (Wildman–Crippen MR) is 162 cm³/mol. The molecule has 1 aromatic heterocycles. The summed E-state index contributed by atoms with van der Waals surface area (Å²) in [7, 11) is 0. The van der Waals surface area contributed by atoms with E-state index in [9.17, 15) is 9.18 Å². The molecule has 2 aromatic carbocycles. The molecule has 5 heterocycles. The molecule has 2 unspecified atom stereocenters. The topological polar surface area (TPSA) is 61.8 Å². The van der Waals surface area contributed by atoms with Gasteiger partial charge in [0.05, 0.1) is 28.8 Å². The maximum Gasteiger partial charge on any atom is 0.316 e. The molecule has 9 heteroatoms. The quantitative estimate of drug-likeness (QED) is 0.369. The van der Waals surface area contributed by atoms with Crippen LogP contribution >= 0.6 is 0 Å². The van der Waals surface area contributed by atoms with Gasteiger partial charge in [0.15, 0.2) is 5.82 Å². The lowest BCUT2D eigenvalue weighted by atomic mass is 9.85. The van der Waals surface area contributed by atoms with Gasteiger partial charge in [-0.05, 0) is 80.3 Å². The molecule has 43 heavy (non-hydrogen) atoms. The molecule has 3 aromatic rings. The Labute approximate surface area is 250 Å². The van der Waals surface area contributed by atoms with Crippen molar-refractivity contribution in [1.82, 2.24) is 19.8 Å². The number of amides is 1. The van der Waals surface area contributed by atoms with Gasteiger partial charge in [-0.15, -0.1) is 0 Å². The van der Waals surface area contributed by atoms with Crippen LogP contribution in [0.25, 0.3) is 22.0 Å². The van der Waals surface area contributed by atoms with Crippen LogP contribution in [0.2, 0.25) is 0 Å². The lowest BCUT2D eigenvalue weighted by molar-refractivity contribution is -0.127. The SMILES string of the molecule is C=CC(=O)N1CCC2[C@H]1CN2c1c(F)c(-c2cccc3c2CCCC3)cc2nc(OCC34CCCN3C[C@H](F)C4)ncc12. The molecule has 4 aliphatic heterocycles. The second-order valence-corrected chi connectivity index (χ2v) is 13.0. The molecule has 5 aliphatic rings. The highest BCUT2D eigenvalue weighted by Crippen LogP contribution is 2.45. The number of fused-ring (bicyclic) bond motifs is 4. The van der Waals surface area contributed by atoms with Crippen molar-refractivity contribution in [1.29, 1.82) is 0 Å². The average Bonchev–Trinajstić information content (AvgIpc) is 3.65. The van der Waals surface area contributed by atoms with Crippen LogP contribution in [-0.2, 0) is 17.6 Å². The first-order valence-corrected chi connectivity index (χ1v) is 15.8. The molecule has 0 saturated carbocycles. The predicted octanol–water partition coefficient (Wildman–Crippen LogP) is 5.25. The van der Waals surface area contributed by atoms with E-state index in [4.69, 9.17) is 9.72 Å². The lowest BCUT2D eigenvalue weighted by Crippen LogP contribution is -2.63. The maximum absolute atomic E-state index is 16.9. The normalized spacial score (nSPS) is 28.0. The number of aryl methyl sites for hydroxylation is 1. The molecule has 0 bridgehead atoms. The fourth-order valence-electron chi connectivity index (χ4n) is 8.61. The van der Waals surface area contributed by atoms with Gasteiger partial charge in [0.2, 0.25) is 5.91 Å². The van der Waals surface area contributed by atoms with Gasteiger partial charge in [-0.3, -0.25) is 9.69 Å². The van der Waals surface area contributed by atoms with E-state index in [1.165, 1.54) is 17.2 Å². The minimum atomic E-state index is -0.833. The Hall–Kier alpha value is -3.59. The molecule has 224 valence electrons. The van der Waals surface area contributed by atoms with Crippen LogP contribution in [0.5, 0.6) is 6.01 Å². The summed E-state index contributed by atoms with van der Waals surface area (Å²) in [5.74, 6) is -0.343. The zero-order valence-corrected chi connectivity index (χ0v) is 24.4. The van der Waals surface area contributed by atoms with E-state index in [0.29, 0.717) is 54.8 Å². The standard InChI is InChI=1S/C34H37F2N5O2/c1-2-30(42)40-14-11-28-29(40)19-41(28)32-26-17-37-33(43-20-34-12-6-13-39(34)18-22(35)16-34)38-27(26)15-25(31(32)36)24-10-5-8-21-7-3-4-9-23(21)24/h2,5,8,10,15,17,22,28-29H,1,3-4,6-7,9,11-14,16,18-20H2/t22-,28?,29-,34?/m1/s1. The first-order chi connectivity index (χ1) is 21.0. The summed E-state index contributed by atoms with van der Waals surface area (Å²) in [6.45, 7) is 6.54. The van der Waals surface area contributed by atoms with Crippen molar-refractivity contribution >= 4 is 22.5 Å². The zero-order chi connectivity index (χ0) is 29.3. The van der Waals surface area contributed by atoms with Crippen LogP contribution in [0.1, 0.15) is 49.7 Å². The Morgan fingerprint density at radius 2 is 2.02 bits per heavy atom. The molecule has 0 spiro atoms. The molecule has 4 atom stereocenters. The number of carbonyl (C=O) groups excluding carboxylic acids is 1. The van der Waals surface area contributed by atoms with Crippen molar-refractivity contribution < 1.29 is 18.3 Å². The first-order valence-electron chi connectivity index (χ1n) is 15.8. The first kappa shape index (κ1) is 27.0. The Morgan fingerprint density at radius 1 is 1.14 bits per heavy atom. The average molecular weight is 586 g/mol. The van der Waals surface area contributed by atoms with Crippen LogP contribution in [0.15, 0.2) is 43.1 Å². The van der Waals surface area contributed by atoms with E-state index >= 15 is 4.39 Å². The lowest BCUT2D eigenvalue weighted by Gasteiger charge is -2.48. The van der Waals surface area contributed by atoms with Crippen LogP contribution in [0.3, 0.4) is 0 Å². The van der Waals surface area contributed by atoms with Crippen molar-refractivity contribution in [2.75, 3.05) is 37.7 Å². The summed E-state index contributed by atoms with van der Waals surface area (Å²) in [5.41, 5.74) is 4.80. The molecular formula is C34H37F2N5O2. The van der Waals surface area contributed by atoms with Gasteiger partial charge in [0.1, 0.15) is 12.8 Å². The molecule has 1 amide bonds. The number of aromatic nitrogens is 2. The van der Waals surface area contributed by atoms with Crippen molar-refractivity contribution in [3.8, 4) is 17.1 Å². The second kappa shape index (κ2) is 10.3. The number of rotatable bonds is 6. The minimum absolute atomic E-state index is 0.0286. The van der Waals surface area contributed by atoms with E-state index in [-0.39, 0.29) is 35.4 Å². The molecular weight excluding hydrogens is 548 g/mol. The number of carbonyl (C=O) groups is 1. The largest absolute Gasteiger partial charge is 0.461 e. The summed E-state index contributed by atoms with van der Waals surface area (Å²) >= 11 is 0. The van der Waals surface area contributed by atoms with Gasteiger partial charge in [-0.25, -0.2) is 13.8 Å². The number of nitrogens with zero attached hydrogens (tertiary/aromatic N) is 5. The van der Waals surface area contributed by atoms with Gasteiger partial charge in [0.25, 0.3) is 0 Å². The second-order valence-electron chi connectivity index (χ2n) is 13.0. The smallest absolute Gasteiger partial charge is 0.316 e. The molecule has 7 nitrogen and oxygen atoms in total. The molecule has 0 radical (unpaired) electrons. The number of benzene rings is 2. The Bertz CT molecular complexity index is 1630. The third-order valence-electron chi connectivity index (χ3n) is 10.7. The summed E-state index contributed by atoms with van der Waals surface area (Å²) < 4.78 is 37.4. The molecule has 8 rings (SSSR count). The van der Waals surface area contributed by atoms with E-state index in [1.807, 2.05) is 23.1 Å². The van der Waals surface area contributed by atoms with Crippen LogP contribution in [0, 0.1) is 5.82 Å². The van der Waals surface area contributed by atoms with Crippen molar-refractivity contribution in [2.45, 2.75) is 75.2 Å². The van der Waals surface area contributed by atoms with Crippen LogP contribution < -0.4 is 9.64 Å². The third-order valence-corrected chi connectivity index (χ3v) is 10.7. The fourth-order valence-corrected chi connectivity index (χ4v) is 8.61. The molecule has 4 fully saturated rings. The maximum atomic E-state index is 16.9. The summed E-state index contributed by atoms with van der Waals surface area (Å²) in [6.07, 6.45) is 9.56. The van der Waals surface area contributed by atoms with Crippen molar-refractivity contribution in [2.24, 2.45) is 0 Å². The minimum Gasteiger partial charge on any atom is -0.461 e. The van der Waals surface area contributed by atoms with Gasteiger partial charge in [-0.2, -0.15) is 4.98 Å². The molecule has 0 N–H and O–H groups in total. The highest BCUT2D eigenvalue weighted by Gasteiger charge is 2.50. The number of halogens is 2. The van der Waals surface area contributed by atoms with Crippen molar-refractivity contribution in [3.63, 3.8) is 0 Å². The Balaban J connectivity index is 1.19. The van der Waals surface area contributed by atoms with E-state index in [2.05, 4.69) is 27.4 Å². The van der Waals surface area contributed by atoms with Gasteiger partial charge in [-0.1, -0.05) is 24.8 Å². The summed E-state index contributed by atoms with van der Waals surface area (Å²) in [4.78, 5) is 28.0. The van der Waals surface area contributed by atoms with Gasteiger partial charge >= 0.3 is 6.01 Å². The summed E-state index contributed by atoms with van der Waals surface area (Å²) in [6, 6.07) is 8.36. The number of anilines is 1. The molecule has 4 saturated heterocycles. The number of likely N-dealkylation sites (tertiary alicyclic amines) is 1. The van der Waals surface area contributed by atoms with Crippen molar-refractivity contribution in [3.05, 3.63) is 60.1 Å². The Kier molecular flexibility index (Phi) is 6.44. The fraction of sp³-hybridized carbons (Fsp3) is 0.500. The highest BCUT2D eigenvalue weighted by molar-refractivity contribution is 5.97. The highest BCUT2D eigenvalue weighted by atomic mass is 19.1. The van der Waals surface area contributed by atoms with Gasteiger partial charge < -0.3 is 14.5 Å².